The molecule has 0 nitrogen and oxygen atoms in total. The van der Waals surface area contributed by atoms with Crippen LogP contribution in [-0.2, 0) is 0 Å². The van der Waals surface area contributed by atoms with Crippen LogP contribution in [0.5, 0.6) is 0 Å². The summed E-state index contributed by atoms with van der Waals surface area (Å²) >= 11 is 21.0. The lowest BCUT2D eigenvalue weighted by molar-refractivity contribution is 1.21. The van der Waals surface area contributed by atoms with E-state index >= 15 is 0 Å². The van der Waals surface area contributed by atoms with Gasteiger partial charge in [0.2, 0.25) is 0 Å². The Morgan fingerprint density at radius 1 is 1.12 bits per heavy atom. The number of alkyl halides is 1. The Morgan fingerprint density at radius 3 is 2.18 bits per heavy atom. The lowest BCUT2D eigenvalue weighted by Gasteiger charge is -2.10. The fraction of sp³-hybridized carbons (Fsp3) is 0.167. The average molecular weight is 415 g/mol. The SMILES string of the molecule is Cc1cc(Br)c(C(Br)c2cc(Cl)cc(Cl)c2)s1. The first kappa shape index (κ1) is 13.9. The topological polar surface area (TPSA) is 0 Å². The molecule has 5 heteroatoms. The van der Waals surface area contributed by atoms with Crippen molar-refractivity contribution in [2.24, 2.45) is 0 Å². The summed E-state index contributed by atoms with van der Waals surface area (Å²) in [7, 11) is 0. The molecule has 1 unspecified atom stereocenters. The monoisotopic (exact) mass is 412 g/mol. The molecule has 2 aromatic rings. The molecule has 0 aliphatic rings. The van der Waals surface area contributed by atoms with Crippen molar-refractivity contribution in [2.45, 2.75) is 11.8 Å². The second kappa shape index (κ2) is 5.62. The Hall–Kier alpha value is 0.460. The molecule has 0 amide bonds. The first-order valence-electron chi connectivity index (χ1n) is 4.83. The molecule has 17 heavy (non-hydrogen) atoms. The van der Waals surface area contributed by atoms with E-state index in [9.17, 15) is 0 Å². The Bertz CT molecular complexity index is 531. The summed E-state index contributed by atoms with van der Waals surface area (Å²) in [4.78, 5) is 2.59. The molecule has 1 aromatic heterocycles. The molecule has 0 radical (unpaired) electrons. The second-order valence-electron chi connectivity index (χ2n) is 3.63. The number of hydrogen-bond donors (Lipinski definition) is 0. The smallest absolute Gasteiger partial charge is 0.0750 e. The highest BCUT2D eigenvalue weighted by molar-refractivity contribution is 9.11. The van der Waals surface area contributed by atoms with Gasteiger partial charge in [-0.25, -0.2) is 0 Å². The first-order chi connectivity index (χ1) is 7.97. The predicted molar refractivity (Wildman–Crippen MR) is 84.0 cm³/mol. The third kappa shape index (κ3) is 3.27. The van der Waals surface area contributed by atoms with Crippen molar-refractivity contribution in [3.05, 3.63) is 54.1 Å². The van der Waals surface area contributed by atoms with Crippen molar-refractivity contribution >= 4 is 66.4 Å². The van der Waals surface area contributed by atoms with Crippen molar-refractivity contribution in [2.75, 3.05) is 0 Å². The fourth-order valence-corrected chi connectivity index (χ4v) is 5.07. The summed E-state index contributed by atoms with van der Waals surface area (Å²) in [6.45, 7) is 2.09. The highest BCUT2D eigenvalue weighted by Gasteiger charge is 2.17. The minimum atomic E-state index is 0.103. The fourth-order valence-electron chi connectivity index (χ4n) is 1.55. The molecule has 0 fully saturated rings. The van der Waals surface area contributed by atoms with Gasteiger partial charge in [-0.15, -0.1) is 11.3 Å². The molecule has 1 aromatic carbocycles. The Labute approximate surface area is 131 Å². The third-order valence-electron chi connectivity index (χ3n) is 2.24. The lowest BCUT2D eigenvalue weighted by Crippen LogP contribution is -1.90. The van der Waals surface area contributed by atoms with E-state index in [0.717, 1.165) is 10.0 Å². The van der Waals surface area contributed by atoms with Crippen molar-refractivity contribution in [3.63, 3.8) is 0 Å². The number of rotatable bonds is 2. The Balaban J connectivity index is 2.43. The molecule has 1 atom stereocenters. The number of benzene rings is 1. The van der Waals surface area contributed by atoms with E-state index in [-0.39, 0.29) is 4.83 Å². The van der Waals surface area contributed by atoms with Gasteiger partial charge in [0.1, 0.15) is 0 Å². The average Bonchev–Trinajstić information content (AvgIpc) is 2.55. The van der Waals surface area contributed by atoms with E-state index < -0.39 is 0 Å². The van der Waals surface area contributed by atoms with Gasteiger partial charge in [-0.3, -0.25) is 0 Å². The van der Waals surface area contributed by atoms with E-state index in [4.69, 9.17) is 23.2 Å². The maximum atomic E-state index is 6.01. The quantitative estimate of drug-likeness (QED) is 0.485. The highest BCUT2D eigenvalue weighted by Crippen LogP contribution is 2.41. The van der Waals surface area contributed by atoms with Crippen LogP contribution in [0.4, 0.5) is 0 Å². The molecule has 2 rings (SSSR count). The molecule has 0 saturated carbocycles. The van der Waals surface area contributed by atoms with Crippen LogP contribution in [0.2, 0.25) is 10.0 Å². The van der Waals surface area contributed by atoms with Gasteiger partial charge in [-0.1, -0.05) is 39.1 Å². The summed E-state index contributed by atoms with van der Waals surface area (Å²) < 4.78 is 1.11. The van der Waals surface area contributed by atoms with Crippen molar-refractivity contribution in [1.82, 2.24) is 0 Å². The van der Waals surface area contributed by atoms with Crippen LogP contribution in [-0.4, -0.2) is 0 Å². The standard InChI is InChI=1S/C12H8Br2Cl2S/c1-6-2-10(13)12(17-6)11(14)7-3-8(15)5-9(16)4-7/h2-5,11H,1H3. The lowest BCUT2D eigenvalue weighted by atomic mass is 10.1. The minimum absolute atomic E-state index is 0.103. The first-order valence-corrected chi connectivity index (χ1v) is 8.11. The summed E-state index contributed by atoms with van der Waals surface area (Å²) in [5.74, 6) is 0. The minimum Gasteiger partial charge on any atom is -0.143 e. The molecule has 0 aliphatic heterocycles. The van der Waals surface area contributed by atoms with Gasteiger partial charge in [0.05, 0.1) is 4.83 Å². The van der Waals surface area contributed by atoms with Crippen LogP contribution in [0.3, 0.4) is 0 Å². The molecule has 0 N–H and O–H groups in total. The largest absolute Gasteiger partial charge is 0.143 e. The van der Waals surface area contributed by atoms with Gasteiger partial charge in [0.15, 0.2) is 0 Å². The summed E-state index contributed by atoms with van der Waals surface area (Å²) in [6, 6.07) is 7.70. The van der Waals surface area contributed by atoms with Crippen LogP contribution in [0.1, 0.15) is 20.1 Å². The zero-order valence-corrected chi connectivity index (χ0v) is 14.3. The normalized spacial score (nSPS) is 12.8. The van der Waals surface area contributed by atoms with Gasteiger partial charge in [-0.2, -0.15) is 0 Å². The summed E-state index contributed by atoms with van der Waals surface area (Å²) in [5.41, 5.74) is 1.06. The van der Waals surface area contributed by atoms with Crippen molar-refractivity contribution in [3.8, 4) is 0 Å². The predicted octanol–water partition coefficient (Wildman–Crippen LogP) is 6.61. The molecular formula is C12H8Br2Cl2S. The molecule has 90 valence electrons. The number of aryl methyl sites for hydroxylation is 1. The number of halogens is 4. The third-order valence-corrected chi connectivity index (χ3v) is 6.00. The Kier molecular flexibility index (Phi) is 4.59. The molecular weight excluding hydrogens is 407 g/mol. The van der Waals surface area contributed by atoms with Gasteiger partial charge < -0.3 is 0 Å². The second-order valence-corrected chi connectivity index (χ2v) is 7.57. The molecule has 1 heterocycles. The van der Waals surface area contributed by atoms with Crippen LogP contribution in [0.25, 0.3) is 0 Å². The van der Waals surface area contributed by atoms with Crippen molar-refractivity contribution in [1.29, 1.82) is 0 Å². The maximum absolute atomic E-state index is 6.01. The van der Waals surface area contributed by atoms with Crippen LogP contribution >= 0.6 is 66.4 Å². The van der Waals surface area contributed by atoms with E-state index in [1.54, 1.807) is 17.4 Å². The Morgan fingerprint density at radius 2 is 1.71 bits per heavy atom. The summed E-state index contributed by atoms with van der Waals surface area (Å²) in [5, 5.41) is 1.31. The molecule has 0 aliphatic carbocycles. The zero-order chi connectivity index (χ0) is 12.6. The van der Waals surface area contributed by atoms with Crippen molar-refractivity contribution < 1.29 is 0 Å². The highest BCUT2D eigenvalue weighted by atomic mass is 79.9. The molecule has 0 saturated heterocycles. The number of thiophene rings is 1. The van der Waals surface area contributed by atoms with E-state index in [0.29, 0.717) is 10.0 Å². The number of hydrogen-bond acceptors (Lipinski definition) is 1. The van der Waals surface area contributed by atoms with Gasteiger partial charge in [0.25, 0.3) is 0 Å². The van der Waals surface area contributed by atoms with Gasteiger partial charge >= 0.3 is 0 Å². The van der Waals surface area contributed by atoms with Gasteiger partial charge in [-0.05, 0) is 52.7 Å². The van der Waals surface area contributed by atoms with E-state index in [2.05, 4.69) is 44.8 Å². The summed E-state index contributed by atoms with van der Waals surface area (Å²) in [6.07, 6.45) is 0. The van der Waals surface area contributed by atoms with E-state index in [1.165, 1.54) is 9.75 Å². The molecule has 0 spiro atoms. The zero-order valence-electron chi connectivity index (χ0n) is 8.81. The maximum Gasteiger partial charge on any atom is 0.0750 e. The van der Waals surface area contributed by atoms with E-state index in [1.807, 2.05) is 12.1 Å². The van der Waals surface area contributed by atoms with Crippen LogP contribution < -0.4 is 0 Å². The van der Waals surface area contributed by atoms with Crippen LogP contribution in [0, 0.1) is 6.92 Å². The molecule has 0 bridgehead atoms. The van der Waals surface area contributed by atoms with Gasteiger partial charge in [0, 0.05) is 24.3 Å². The van der Waals surface area contributed by atoms with Crippen LogP contribution in [0.15, 0.2) is 28.7 Å².